The maximum Gasteiger partial charge on any atom is 0.251 e. The molecule has 2 aliphatic rings. The number of carbonyl (C=O) groups excluding carboxylic acids is 2. The monoisotopic (exact) mass is 408 g/mol. The van der Waals surface area contributed by atoms with Crippen LogP contribution in [0.5, 0.6) is 0 Å². The van der Waals surface area contributed by atoms with E-state index in [0.717, 1.165) is 25.7 Å². The van der Waals surface area contributed by atoms with Crippen LogP contribution in [0.25, 0.3) is 0 Å². The number of amides is 2. The molecule has 2 saturated heterocycles. The van der Waals surface area contributed by atoms with E-state index in [0.29, 0.717) is 31.7 Å². The van der Waals surface area contributed by atoms with Crippen molar-refractivity contribution in [3.8, 4) is 0 Å². The van der Waals surface area contributed by atoms with E-state index in [1.165, 1.54) is 24.3 Å². The highest BCUT2D eigenvalue weighted by Gasteiger charge is 2.33. The van der Waals surface area contributed by atoms with Crippen LogP contribution in [0.4, 0.5) is 4.39 Å². The highest BCUT2D eigenvalue weighted by Crippen LogP contribution is 2.23. The van der Waals surface area contributed by atoms with Crippen molar-refractivity contribution < 1.29 is 28.6 Å². The summed E-state index contributed by atoms with van der Waals surface area (Å²) in [6.07, 6.45) is 2.95. The zero-order valence-corrected chi connectivity index (χ0v) is 16.4. The third kappa shape index (κ3) is 6.22. The first kappa shape index (κ1) is 21.7. The Morgan fingerprint density at radius 1 is 1.10 bits per heavy atom. The van der Waals surface area contributed by atoms with Gasteiger partial charge in [-0.05, 0) is 56.4 Å². The van der Waals surface area contributed by atoms with Crippen LogP contribution in [0.15, 0.2) is 24.3 Å². The second-order valence-electron chi connectivity index (χ2n) is 7.61. The van der Waals surface area contributed by atoms with Crippen LogP contribution in [0.1, 0.15) is 42.5 Å². The number of halogens is 1. The Bertz CT molecular complexity index is 678. The smallest absolute Gasteiger partial charge is 0.251 e. The van der Waals surface area contributed by atoms with Gasteiger partial charge in [-0.15, -0.1) is 0 Å². The summed E-state index contributed by atoms with van der Waals surface area (Å²) in [5.74, 6) is -0.681. The molecule has 3 atom stereocenters. The number of benzene rings is 1. The van der Waals surface area contributed by atoms with Gasteiger partial charge in [0.15, 0.2) is 0 Å². The number of hydrogen-bond acceptors (Lipinski definition) is 5. The second-order valence-corrected chi connectivity index (χ2v) is 7.61. The van der Waals surface area contributed by atoms with Crippen molar-refractivity contribution >= 4 is 11.8 Å². The first-order chi connectivity index (χ1) is 14.1. The Kier molecular flexibility index (Phi) is 7.97. The molecule has 0 spiro atoms. The van der Waals surface area contributed by atoms with Crippen LogP contribution in [0.2, 0.25) is 0 Å². The number of hydrogen-bond donors (Lipinski definition) is 3. The average Bonchev–Trinajstić information content (AvgIpc) is 2.75. The number of aliphatic hydroxyl groups is 1. The topological polar surface area (TPSA) is 96.9 Å². The van der Waals surface area contributed by atoms with Crippen LogP contribution in [-0.2, 0) is 14.3 Å². The Hall–Kier alpha value is -2.03. The minimum atomic E-state index is -0.453. The van der Waals surface area contributed by atoms with Crippen molar-refractivity contribution in [3.05, 3.63) is 35.6 Å². The maximum atomic E-state index is 12.9. The average molecular weight is 408 g/mol. The highest BCUT2D eigenvalue weighted by atomic mass is 19.1. The minimum Gasteiger partial charge on any atom is -0.394 e. The number of rotatable bonds is 7. The minimum absolute atomic E-state index is 0.00496. The van der Waals surface area contributed by atoms with Gasteiger partial charge in [0.2, 0.25) is 5.91 Å². The van der Waals surface area contributed by atoms with E-state index in [9.17, 15) is 19.1 Å². The standard InChI is InChI=1S/C21H29FN2O5/c22-16-3-1-14(2-4-16)20(26)23-10-7-17-5-6-18(19(13-25)29-17)24-21(27)15-8-11-28-12-9-15/h1-4,15,17-19,25H,5-13H2,(H,23,26)(H,24,27)/t17-,18+,19+/m1/s1. The summed E-state index contributed by atoms with van der Waals surface area (Å²) < 4.78 is 24.2. The van der Waals surface area contributed by atoms with E-state index >= 15 is 0 Å². The quantitative estimate of drug-likeness (QED) is 0.634. The zero-order chi connectivity index (χ0) is 20.6. The molecule has 7 nitrogen and oxygen atoms in total. The molecule has 2 amide bonds. The lowest BCUT2D eigenvalue weighted by Gasteiger charge is -2.37. The summed E-state index contributed by atoms with van der Waals surface area (Å²) in [5.41, 5.74) is 0.403. The van der Waals surface area contributed by atoms with Gasteiger partial charge in [0, 0.05) is 31.2 Å². The summed E-state index contributed by atoms with van der Waals surface area (Å²) in [5, 5.41) is 15.5. The summed E-state index contributed by atoms with van der Waals surface area (Å²) in [6.45, 7) is 1.46. The Morgan fingerprint density at radius 2 is 1.83 bits per heavy atom. The van der Waals surface area contributed by atoms with Crippen LogP contribution < -0.4 is 10.6 Å². The van der Waals surface area contributed by atoms with Gasteiger partial charge in [-0.3, -0.25) is 9.59 Å². The number of carbonyl (C=O) groups is 2. The fraction of sp³-hybridized carbons (Fsp3) is 0.619. The van der Waals surface area contributed by atoms with Crippen molar-refractivity contribution in [1.82, 2.24) is 10.6 Å². The molecule has 160 valence electrons. The molecule has 8 heteroatoms. The lowest BCUT2D eigenvalue weighted by molar-refractivity contribution is -0.134. The van der Waals surface area contributed by atoms with E-state index in [4.69, 9.17) is 9.47 Å². The molecule has 1 aromatic rings. The number of nitrogens with one attached hydrogen (secondary N) is 2. The van der Waals surface area contributed by atoms with Gasteiger partial charge in [0.25, 0.3) is 5.91 Å². The van der Waals surface area contributed by atoms with Crippen molar-refractivity contribution in [2.24, 2.45) is 5.92 Å². The van der Waals surface area contributed by atoms with E-state index in [1.54, 1.807) is 0 Å². The van der Waals surface area contributed by atoms with Crippen molar-refractivity contribution in [3.63, 3.8) is 0 Å². The molecule has 29 heavy (non-hydrogen) atoms. The zero-order valence-electron chi connectivity index (χ0n) is 16.4. The summed E-state index contributed by atoms with van der Waals surface area (Å²) >= 11 is 0. The van der Waals surface area contributed by atoms with Gasteiger partial charge >= 0.3 is 0 Å². The van der Waals surface area contributed by atoms with E-state index in [-0.39, 0.29) is 42.3 Å². The molecule has 0 radical (unpaired) electrons. The molecule has 2 heterocycles. The lowest BCUT2D eigenvalue weighted by atomic mass is 9.94. The Morgan fingerprint density at radius 3 is 2.52 bits per heavy atom. The molecule has 0 aromatic heterocycles. The SMILES string of the molecule is O=C(NCC[C@H]1CC[C@H](NC(=O)C2CCOCC2)[C@H](CO)O1)c1ccc(F)cc1. The van der Waals surface area contributed by atoms with E-state index in [1.807, 2.05) is 0 Å². The van der Waals surface area contributed by atoms with Gasteiger partial charge in [-0.2, -0.15) is 0 Å². The third-order valence-electron chi connectivity index (χ3n) is 5.57. The molecule has 1 aromatic carbocycles. The van der Waals surface area contributed by atoms with Crippen LogP contribution in [0, 0.1) is 11.7 Å². The predicted octanol–water partition coefficient (Wildman–Crippen LogP) is 1.40. The molecule has 0 unspecified atom stereocenters. The summed E-state index contributed by atoms with van der Waals surface area (Å²) in [6, 6.07) is 5.17. The summed E-state index contributed by atoms with van der Waals surface area (Å²) in [7, 11) is 0. The molecular weight excluding hydrogens is 379 g/mol. The molecule has 2 fully saturated rings. The number of ether oxygens (including phenoxy) is 2. The molecule has 0 saturated carbocycles. The number of aliphatic hydroxyl groups excluding tert-OH is 1. The molecule has 2 aliphatic heterocycles. The van der Waals surface area contributed by atoms with Crippen LogP contribution in [0.3, 0.4) is 0 Å². The summed E-state index contributed by atoms with van der Waals surface area (Å²) in [4.78, 5) is 24.5. The second kappa shape index (κ2) is 10.7. The van der Waals surface area contributed by atoms with Gasteiger partial charge in [-0.25, -0.2) is 4.39 Å². The fourth-order valence-corrected chi connectivity index (χ4v) is 3.82. The third-order valence-corrected chi connectivity index (χ3v) is 5.57. The lowest BCUT2D eigenvalue weighted by Crippen LogP contribution is -2.52. The highest BCUT2D eigenvalue weighted by molar-refractivity contribution is 5.94. The molecule has 0 bridgehead atoms. The first-order valence-corrected chi connectivity index (χ1v) is 10.2. The molecular formula is C21H29FN2O5. The molecule has 0 aliphatic carbocycles. The van der Waals surface area contributed by atoms with Crippen molar-refractivity contribution in [1.29, 1.82) is 0 Å². The largest absolute Gasteiger partial charge is 0.394 e. The van der Waals surface area contributed by atoms with Crippen molar-refractivity contribution in [2.75, 3.05) is 26.4 Å². The Labute approximate surface area is 170 Å². The van der Waals surface area contributed by atoms with Gasteiger partial charge < -0.3 is 25.2 Å². The fourth-order valence-electron chi connectivity index (χ4n) is 3.82. The molecule has 3 N–H and O–H groups in total. The first-order valence-electron chi connectivity index (χ1n) is 10.2. The van der Waals surface area contributed by atoms with Crippen LogP contribution >= 0.6 is 0 Å². The predicted molar refractivity (Wildman–Crippen MR) is 104 cm³/mol. The maximum absolute atomic E-state index is 12.9. The van der Waals surface area contributed by atoms with Crippen LogP contribution in [-0.4, -0.2) is 61.5 Å². The van der Waals surface area contributed by atoms with Gasteiger partial charge in [-0.1, -0.05) is 0 Å². The molecule has 3 rings (SSSR count). The van der Waals surface area contributed by atoms with Gasteiger partial charge in [0.1, 0.15) is 11.9 Å². The van der Waals surface area contributed by atoms with E-state index in [2.05, 4.69) is 10.6 Å². The van der Waals surface area contributed by atoms with Crippen molar-refractivity contribution in [2.45, 2.75) is 50.4 Å². The van der Waals surface area contributed by atoms with Gasteiger partial charge in [0.05, 0.1) is 18.8 Å². The Balaban J connectivity index is 1.41. The van der Waals surface area contributed by atoms with E-state index < -0.39 is 6.10 Å². The normalized spacial score (nSPS) is 25.4.